The van der Waals surface area contributed by atoms with Crippen LogP contribution in [0.15, 0.2) is 24.3 Å². The molecule has 23 heavy (non-hydrogen) atoms. The molecular weight excluding hydrogens is 288 g/mol. The van der Waals surface area contributed by atoms with Crippen molar-refractivity contribution in [3.8, 4) is 0 Å². The Morgan fingerprint density at radius 2 is 1.74 bits per heavy atom. The van der Waals surface area contributed by atoms with Gasteiger partial charge in [-0.2, -0.15) is 0 Å². The molecule has 0 aromatic heterocycles. The normalized spacial score (nSPS) is 17.8. The number of Topliss-reactive ketones (excluding diaryl/α,β-unsaturated/α-hetero) is 1. The topological polar surface area (TPSA) is 52.8 Å². The largest absolute Gasteiger partial charge is 0.337 e. The lowest BCUT2D eigenvalue weighted by atomic mass is 9.90. The van der Waals surface area contributed by atoms with Crippen molar-refractivity contribution >= 4 is 17.2 Å². The molecule has 1 aromatic carbocycles. The summed E-state index contributed by atoms with van der Waals surface area (Å²) in [6, 6.07) is 8.17. The van der Waals surface area contributed by atoms with Crippen molar-refractivity contribution in [2.24, 2.45) is 11.1 Å². The number of anilines is 2. The van der Waals surface area contributed by atoms with Gasteiger partial charge in [0.15, 0.2) is 12.1 Å². The van der Waals surface area contributed by atoms with Crippen LogP contribution in [0.1, 0.15) is 27.2 Å². The first kappa shape index (κ1) is 17.8. The Kier molecular flexibility index (Phi) is 5.32. The maximum Gasteiger partial charge on any atom is 0.157 e. The molecule has 1 heterocycles. The van der Waals surface area contributed by atoms with Crippen LogP contribution in [-0.2, 0) is 4.79 Å². The second-order valence-corrected chi connectivity index (χ2v) is 7.55. The average molecular weight is 318 g/mol. The van der Waals surface area contributed by atoms with E-state index in [0.29, 0.717) is 6.54 Å². The minimum Gasteiger partial charge on any atom is -0.337 e. The number of para-hydroxylation sites is 2. The number of carbonyl (C=O) groups excluding carboxylic acids is 1. The highest BCUT2D eigenvalue weighted by atomic mass is 16.1. The molecule has 1 aromatic rings. The van der Waals surface area contributed by atoms with Crippen molar-refractivity contribution in [1.82, 2.24) is 4.90 Å². The van der Waals surface area contributed by atoms with Gasteiger partial charge in [0.2, 0.25) is 0 Å². The first-order valence-electron chi connectivity index (χ1n) is 8.28. The van der Waals surface area contributed by atoms with Crippen molar-refractivity contribution < 1.29 is 4.79 Å². The SMILES string of the molecule is CN(C)CCCN1c2ccccc2N(CC(=O)C(C)(C)C)C1N. The van der Waals surface area contributed by atoms with Gasteiger partial charge in [0, 0.05) is 12.0 Å². The molecule has 1 aliphatic heterocycles. The number of hydrogen-bond donors (Lipinski definition) is 1. The second-order valence-electron chi connectivity index (χ2n) is 7.55. The highest BCUT2D eigenvalue weighted by Gasteiger charge is 2.35. The van der Waals surface area contributed by atoms with Gasteiger partial charge in [-0.25, -0.2) is 0 Å². The minimum atomic E-state index is -0.354. The molecule has 0 fully saturated rings. The van der Waals surface area contributed by atoms with Crippen molar-refractivity contribution in [2.75, 3.05) is 43.5 Å². The second kappa shape index (κ2) is 6.89. The molecule has 1 unspecified atom stereocenters. The van der Waals surface area contributed by atoms with Gasteiger partial charge < -0.3 is 14.7 Å². The van der Waals surface area contributed by atoms with Crippen LogP contribution in [0.4, 0.5) is 11.4 Å². The van der Waals surface area contributed by atoms with Gasteiger partial charge in [0.25, 0.3) is 0 Å². The highest BCUT2D eigenvalue weighted by molar-refractivity contribution is 5.90. The van der Waals surface area contributed by atoms with Crippen LogP contribution in [0.2, 0.25) is 0 Å². The van der Waals surface area contributed by atoms with Gasteiger partial charge in [0.1, 0.15) is 0 Å². The van der Waals surface area contributed by atoms with E-state index >= 15 is 0 Å². The number of benzene rings is 1. The van der Waals surface area contributed by atoms with Crippen molar-refractivity contribution in [3.63, 3.8) is 0 Å². The van der Waals surface area contributed by atoms with Crippen LogP contribution in [-0.4, -0.2) is 50.7 Å². The summed E-state index contributed by atoms with van der Waals surface area (Å²) in [7, 11) is 4.15. The number of nitrogens with zero attached hydrogens (tertiary/aromatic N) is 3. The fourth-order valence-corrected chi connectivity index (χ4v) is 2.78. The zero-order valence-electron chi connectivity index (χ0n) is 15.0. The van der Waals surface area contributed by atoms with E-state index in [1.54, 1.807) is 0 Å². The van der Waals surface area contributed by atoms with E-state index in [9.17, 15) is 4.79 Å². The monoisotopic (exact) mass is 318 g/mol. The molecule has 0 bridgehead atoms. The lowest BCUT2D eigenvalue weighted by Crippen LogP contribution is -2.53. The summed E-state index contributed by atoms with van der Waals surface area (Å²) in [6.07, 6.45) is 0.761. The van der Waals surface area contributed by atoms with Crippen molar-refractivity contribution in [2.45, 2.75) is 33.5 Å². The lowest BCUT2D eigenvalue weighted by molar-refractivity contribution is -0.124. The molecule has 0 radical (unpaired) electrons. The predicted octanol–water partition coefficient (Wildman–Crippen LogP) is 2.12. The molecule has 128 valence electrons. The van der Waals surface area contributed by atoms with Crippen molar-refractivity contribution in [3.05, 3.63) is 24.3 Å². The third kappa shape index (κ3) is 4.03. The molecule has 5 heteroatoms. The van der Waals surface area contributed by atoms with Crippen LogP contribution in [0.5, 0.6) is 0 Å². The van der Waals surface area contributed by atoms with E-state index < -0.39 is 0 Å². The molecule has 1 aliphatic rings. The van der Waals surface area contributed by atoms with Gasteiger partial charge in [-0.05, 0) is 39.2 Å². The van der Waals surface area contributed by atoms with Gasteiger partial charge in [-0.1, -0.05) is 32.9 Å². The zero-order valence-corrected chi connectivity index (χ0v) is 15.0. The molecule has 0 aliphatic carbocycles. The summed E-state index contributed by atoms with van der Waals surface area (Å²) in [5, 5.41) is 0. The standard InChI is InChI=1S/C18H30N4O/c1-18(2,3)16(23)13-22-15-10-7-6-9-14(15)21(17(22)19)12-8-11-20(4)5/h6-7,9-10,17H,8,11-13,19H2,1-5H3. The fourth-order valence-electron chi connectivity index (χ4n) is 2.78. The molecule has 0 amide bonds. The Morgan fingerprint density at radius 1 is 1.17 bits per heavy atom. The van der Waals surface area contributed by atoms with Gasteiger partial charge >= 0.3 is 0 Å². The summed E-state index contributed by atoms with van der Waals surface area (Å²) in [5.41, 5.74) is 8.30. The average Bonchev–Trinajstić information content (AvgIpc) is 2.71. The maximum atomic E-state index is 12.5. The van der Waals surface area contributed by atoms with Crippen molar-refractivity contribution in [1.29, 1.82) is 0 Å². The quantitative estimate of drug-likeness (QED) is 0.871. The molecule has 0 saturated heterocycles. The Balaban J connectivity index is 2.17. The number of nitrogens with two attached hydrogens (primary N) is 1. The number of ketones is 1. The summed E-state index contributed by atoms with van der Waals surface area (Å²) >= 11 is 0. The Hall–Kier alpha value is -1.59. The van der Waals surface area contributed by atoms with E-state index in [1.807, 2.05) is 37.8 Å². The Bertz CT molecular complexity index is 550. The molecular formula is C18H30N4O. The molecule has 0 saturated carbocycles. The van der Waals surface area contributed by atoms with E-state index in [0.717, 1.165) is 30.9 Å². The number of hydrogen-bond acceptors (Lipinski definition) is 5. The fraction of sp³-hybridized carbons (Fsp3) is 0.611. The van der Waals surface area contributed by atoms with E-state index in [-0.39, 0.29) is 17.5 Å². The molecule has 1 atom stereocenters. The minimum absolute atomic E-state index is 0.206. The van der Waals surface area contributed by atoms with Gasteiger partial charge in [-0.15, -0.1) is 0 Å². The Labute approximate surface area is 140 Å². The molecule has 5 nitrogen and oxygen atoms in total. The van der Waals surface area contributed by atoms with E-state index in [4.69, 9.17) is 5.73 Å². The van der Waals surface area contributed by atoms with Crippen LogP contribution in [0, 0.1) is 5.41 Å². The molecule has 2 N–H and O–H groups in total. The van der Waals surface area contributed by atoms with Crippen LogP contribution < -0.4 is 15.5 Å². The van der Waals surface area contributed by atoms with Gasteiger partial charge in [0.05, 0.1) is 17.9 Å². The highest BCUT2D eigenvalue weighted by Crippen LogP contribution is 2.38. The summed E-state index contributed by atoms with van der Waals surface area (Å²) in [6.45, 7) is 8.13. The van der Waals surface area contributed by atoms with Gasteiger partial charge in [-0.3, -0.25) is 10.5 Å². The smallest absolute Gasteiger partial charge is 0.157 e. The van der Waals surface area contributed by atoms with Crippen LogP contribution in [0.25, 0.3) is 0 Å². The first-order chi connectivity index (χ1) is 10.7. The lowest BCUT2D eigenvalue weighted by Gasteiger charge is -2.31. The summed E-state index contributed by atoms with van der Waals surface area (Å²) < 4.78 is 0. The van der Waals surface area contributed by atoms with E-state index in [1.165, 1.54) is 0 Å². The number of fused-ring (bicyclic) bond motifs is 1. The Morgan fingerprint density at radius 3 is 2.26 bits per heavy atom. The summed E-state index contributed by atoms with van der Waals surface area (Å²) in [4.78, 5) is 18.9. The van der Waals surface area contributed by atoms with E-state index in [2.05, 4.69) is 36.0 Å². The zero-order chi connectivity index (χ0) is 17.2. The van der Waals surface area contributed by atoms with Crippen LogP contribution >= 0.6 is 0 Å². The molecule has 2 rings (SSSR count). The third-order valence-electron chi connectivity index (χ3n) is 4.29. The summed E-state index contributed by atoms with van der Waals surface area (Å²) in [5.74, 6) is 0.206. The van der Waals surface area contributed by atoms with Crippen LogP contribution in [0.3, 0.4) is 0 Å². The first-order valence-corrected chi connectivity index (χ1v) is 8.28. The maximum absolute atomic E-state index is 12.5. The number of carbonyl (C=O) groups is 1. The third-order valence-corrected chi connectivity index (χ3v) is 4.29. The predicted molar refractivity (Wildman–Crippen MR) is 96.7 cm³/mol. The molecule has 0 spiro atoms. The number of rotatable bonds is 6.